The van der Waals surface area contributed by atoms with Crippen molar-refractivity contribution in [2.45, 2.75) is 11.4 Å². The van der Waals surface area contributed by atoms with Crippen LogP contribution >= 0.6 is 11.8 Å². The molecule has 0 bridgehead atoms. The lowest BCUT2D eigenvalue weighted by Gasteiger charge is -2.18. The fourth-order valence-corrected chi connectivity index (χ4v) is 3.26. The molecule has 1 heterocycles. The molecule has 1 aliphatic heterocycles. The summed E-state index contributed by atoms with van der Waals surface area (Å²) in [6.45, 7) is 1.01. The van der Waals surface area contributed by atoms with Gasteiger partial charge in [0.2, 0.25) is 0 Å². The van der Waals surface area contributed by atoms with Crippen molar-refractivity contribution in [3.8, 4) is 17.2 Å². The number of rotatable bonds is 8. The number of methoxy groups -OCH3 is 1. The van der Waals surface area contributed by atoms with E-state index in [1.807, 2.05) is 42.5 Å². The molecule has 0 atom stereocenters. The molecule has 0 unspecified atom stereocenters. The van der Waals surface area contributed by atoms with Gasteiger partial charge < -0.3 is 24.3 Å². The highest BCUT2D eigenvalue weighted by atomic mass is 32.2. The third kappa shape index (κ3) is 5.56. The van der Waals surface area contributed by atoms with Gasteiger partial charge in [-0.05, 0) is 24.3 Å². The molecule has 0 aromatic heterocycles. The Balaban J connectivity index is 1.38. The Kier molecular flexibility index (Phi) is 7.02. The van der Waals surface area contributed by atoms with Crippen molar-refractivity contribution in [1.82, 2.24) is 5.32 Å². The average Bonchev–Trinajstić information content (AvgIpc) is 2.74. The van der Waals surface area contributed by atoms with Crippen LogP contribution in [0.4, 0.5) is 0 Å². The summed E-state index contributed by atoms with van der Waals surface area (Å²) in [4.78, 5) is 24.6. The summed E-state index contributed by atoms with van der Waals surface area (Å²) in [6.07, 6.45) is 0. The molecule has 0 spiro atoms. The van der Waals surface area contributed by atoms with Crippen LogP contribution in [-0.4, -0.2) is 44.6 Å². The molecule has 3 rings (SSSR count). The summed E-state index contributed by atoms with van der Waals surface area (Å²) in [5, 5.41) is 2.70. The average molecular weight is 403 g/mol. The monoisotopic (exact) mass is 403 g/mol. The fourth-order valence-electron chi connectivity index (χ4n) is 2.54. The maximum atomic E-state index is 11.9. The minimum Gasteiger partial charge on any atom is -0.496 e. The molecular formula is C20H21NO6S. The molecule has 8 heteroatoms. The lowest BCUT2D eigenvalue weighted by Crippen LogP contribution is -2.28. The van der Waals surface area contributed by atoms with Crippen LogP contribution in [0.15, 0.2) is 47.4 Å². The highest BCUT2D eigenvalue weighted by Gasteiger charge is 2.13. The molecule has 1 aliphatic rings. The SMILES string of the molecule is COc1ccccc1CNC(=O)COC(=O)CSc1ccc2c(c1)OCCO2. The normalized spacial score (nSPS) is 12.2. The third-order valence-electron chi connectivity index (χ3n) is 3.90. The maximum absolute atomic E-state index is 11.9. The van der Waals surface area contributed by atoms with Gasteiger partial charge in [0, 0.05) is 17.0 Å². The van der Waals surface area contributed by atoms with Gasteiger partial charge in [-0.1, -0.05) is 18.2 Å². The van der Waals surface area contributed by atoms with E-state index in [9.17, 15) is 9.59 Å². The van der Waals surface area contributed by atoms with E-state index in [-0.39, 0.29) is 18.3 Å². The minimum atomic E-state index is -0.465. The second-order valence-corrected chi connectivity index (χ2v) is 6.89. The Labute approximate surface area is 167 Å². The largest absolute Gasteiger partial charge is 0.496 e. The summed E-state index contributed by atoms with van der Waals surface area (Å²) in [5.74, 6) is 1.32. The van der Waals surface area contributed by atoms with Crippen molar-refractivity contribution in [3.63, 3.8) is 0 Å². The first-order valence-corrected chi connectivity index (χ1v) is 9.71. The van der Waals surface area contributed by atoms with Gasteiger partial charge in [0.25, 0.3) is 5.91 Å². The van der Waals surface area contributed by atoms with Crippen LogP contribution in [0.5, 0.6) is 17.2 Å². The standard InChI is InChI=1S/C20H21NO6S/c1-24-16-5-3-2-4-14(16)11-21-19(22)12-27-20(23)13-28-15-6-7-17-18(10-15)26-9-8-25-17/h2-7,10H,8-9,11-13H2,1H3,(H,21,22). The van der Waals surface area contributed by atoms with Gasteiger partial charge in [0.05, 0.1) is 12.9 Å². The summed E-state index contributed by atoms with van der Waals surface area (Å²) < 4.78 is 21.2. The van der Waals surface area contributed by atoms with E-state index < -0.39 is 5.97 Å². The highest BCUT2D eigenvalue weighted by Crippen LogP contribution is 2.34. The quantitative estimate of drug-likeness (QED) is 0.535. The van der Waals surface area contributed by atoms with Crippen LogP contribution in [0.25, 0.3) is 0 Å². The Morgan fingerprint density at radius 1 is 1.11 bits per heavy atom. The Hall–Kier alpha value is -2.87. The number of carbonyl (C=O) groups is 2. The van der Waals surface area contributed by atoms with Gasteiger partial charge in [0.15, 0.2) is 18.1 Å². The van der Waals surface area contributed by atoms with Crippen LogP contribution in [0.2, 0.25) is 0 Å². The molecule has 1 amide bonds. The van der Waals surface area contributed by atoms with Gasteiger partial charge in [-0.3, -0.25) is 9.59 Å². The highest BCUT2D eigenvalue weighted by molar-refractivity contribution is 8.00. The number of thioether (sulfide) groups is 1. The molecule has 0 saturated heterocycles. The number of benzene rings is 2. The first-order valence-electron chi connectivity index (χ1n) is 8.72. The van der Waals surface area contributed by atoms with Crippen LogP contribution in [0.3, 0.4) is 0 Å². The van der Waals surface area contributed by atoms with E-state index in [4.69, 9.17) is 18.9 Å². The van der Waals surface area contributed by atoms with E-state index in [0.29, 0.717) is 37.0 Å². The lowest BCUT2D eigenvalue weighted by molar-refractivity contribution is -0.145. The van der Waals surface area contributed by atoms with E-state index in [1.54, 1.807) is 7.11 Å². The van der Waals surface area contributed by atoms with Crippen LogP contribution in [0.1, 0.15) is 5.56 Å². The van der Waals surface area contributed by atoms with Gasteiger partial charge in [-0.2, -0.15) is 0 Å². The van der Waals surface area contributed by atoms with Gasteiger partial charge in [-0.25, -0.2) is 0 Å². The topological polar surface area (TPSA) is 83.1 Å². The zero-order valence-electron chi connectivity index (χ0n) is 15.4. The molecule has 1 N–H and O–H groups in total. The molecule has 28 heavy (non-hydrogen) atoms. The van der Waals surface area contributed by atoms with Crippen molar-refractivity contribution in [3.05, 3.63) is 48.0 Å². The van der Waals surface area contributed by atoms with E-state index >= 15 is 0 Å². The number of carbonyl (C=O) groups excluding carboxylic acids is 2. The number of para-hydroxylation sites is 1. The number of ether oxygens (including phenoxy) is 4. The summed E-state index contributed by atoms with van der Waals surface area (Å²) in [6, 6.07) is 12.9. The molecule has 7 nitrogen and oxygen atoms in total. The second-order valence-electron chi connectivity index (χ2n) is 5.84. The van der Waals surface area contributed by atoms with Crippen LogP contribution in [-0.2, 0) is 20.9 Å². The molecule has 0 aliphatic carbocycles. The number of esters is 1. The number of amides is 1. The number of hydrogen-bond donors (Lipinski definition) is 1. The lowest BCUT2D eigenvalue weighted by atomic mass is 10.2. The van der Waals surface area contributed by atoms with E-state index in [2.05, 4.69) is 5.32 Å². The Morgan fingerprint density at radius 2 is 1.89 bits per heavy atom. The van der Waals surface area contributed by atoms with Crippen molar-refractivity contribution < 1.29 is 28.5 Å². The molecule has 0 saturated carbocycles. The summed E-state index contributed by atoms with van der Waals surface area (Å²) in [5.41, 5.74) is 0.846. The summed E-state index contributed by atoms with van der Waals surface area (Å²) in [7, 11) is 1.57. The van der Waals surface area contributed by atoms with Crippen molar-refractivity contribution in [2.75, 3.05) is 32.7 Å². The third-order valence-corrected chi connectivity index (χ3v) is 4.87. The smallest absolute Gasteiger partial charge is 0.316 e. The zero-order chi connectivity index (χ0) is 19.8. The van der Waals surface area contributed by atoms with Crippen molar-refractivity contribution in [1.29, 1.82) is 0 Å². The van der Waals surface area contributed by atoms with Crippen molar-refractivity contribution >= 4 is 23.6 Å². The number of nitrogens with one attached hydrogen (secondary N) is 1. The predicted octanol–water partition coefficient (Wildman–Crippen LogP) is 2.42. The molecule has 0 fully saturated rings. The van der Waals surface area contributed by atoms with Gasteiger partial charge in [-0.15, -0.1) is 11.8 Å². The minimum absolute atomic E-state index is 0.0967. The summed E-state index contributed by atoms with van der Waals surface area (Å²) >= 11 is 1.31. The first kappa shape index (κ1) is 19.9. The van der Waals surface area contributed by atoms with E-state index in [1.165, 1.54) is 11.8 Å². The van der Waals surface area contributed by atoms with Crippen LogP contribution < -0.4 is 19.5 Å². The second kappa shape index (κ2) is 9.89. The predicted molar refractivity (Wildman–Crippen MR) is 104 cm³/mol. The molecular weight excluding hydrogens is 382 g/mol. The van der Waals surface area contributed by atoms with Gasteiger partial charge >= 0.3 is 5.97 Å². The first-order chi connectivity index (χ1) is 13.7. The fraction of sp³-hybridized carbons (Fsp3) is 0.300. The molecule has 0 radical (unpaired) electrons. The van der Waals surface area contributed by atoms with Crippen molar-refractivity contribution in [2.24, 2.45) is 0 Å². The maximum Gasteiger partial charge on any atom is 0.316 e. The zero-order valence-corrected chi connectivity index (χ0v) is 16.3. The number of hydrogen-bond acceptors (Lipinski definition) is 7. The Bertz CT molecular complexity index is 841. The van der Waals surface area contributed by atoms with E-state index in [0.717, 1.165) is 10.5 Å². The van der Waals surface area contributed by atoms with Crippen LogP contribution in [0, 0.1) is 0 Å². The molecule has 148 valence electrons. The molecule has 2 aromatic carbocycles. The molecule has 2 aromatic rings. The number of fused-ring (bicyclic) bond motifs is 1. The Morgan fingerprint density at radius 3 is 2.71 bits per heavy atom. The van der Waals surface area contributed by atoms with Gasteiger partial charge in [0.1, 0.15) is 19.0 Å².